The number of aliphatic hydroxyl groups is 1. The number of aromatic nitrogens is 1. The molecule has 30 heavy (non-hydrogen) atoms. The number of carbonyl (C=O) groups excluding carboxylic acids is 2. The van der Waals surface area contributed by atoms with E-state index in [1.54, 1.807) is 30.5 Å². The van der Waals surface area contributed by atoms with Crippen LogP contribution in [0, 0.1) is 12.7 Å². The van der Waals surface area contributed by atoms with Gasteiger partial charge in [0.15, 0.2) is 0 Å². The average molecular weight is 447 g/mol. The van der Waals surface area contributed by atoms with E-state index in [4.69, 9.17) is 4.98 Å². The molecule has 1 aromatic heterocycles. The summed E-state index contributed by atoms with van der Waals surface area (Å²) in [5.41, 5.74) is 2.90. The molecule has 2 aromatic rings. The summed E-state index contributed by atoms with van der Waals surface area (Å²) in [6.45, 7) is 3.32. The molecule has 1 aromatic carbocycles. The van der Waals surface area contributed by atoms with Crippen LogP contribution < -0.4 is 0 Å². The minimum absolute atomic E-state index is 0.111. The number of benzene rings is 1. The van der Waals surface area contributed by atoms with E-state index in [1.807, 2.05) is 6.07 Å². The molecule has 0 saturated heterocycles. The second kappa shape index (κ2) is 7.98. The van der Waals surface area contributed by atoms with Gasteiger partial charge >= 0.3 is 0 Å². The van der Waals surface area contributed by atoms with Gasteiger partial charge in [-0.2, -0.15) is 24.4 Å². The third kappa shape index (κ3) is 2.99. The van der Waals surface area contributed by atoms with Crippen molar-refractivity contribution in [2.75, 3.05) is 18.1 Å². The Labute approximate surface area is 184 Å². The molecular formula is C22H23FN2O3S2. The fourth-order valence-electron chi connectivity index (χ4n) is 4.48. The van der Waals surface area contributed by atoms with E-state index >= 15 is 0 Å². The number of aliphatic hydroxyl groups excluding tert-OH is 1. The van der Waals surface area contributed by atoms with E-state index < -0.39 is 12.1 Å². The molecule has 1 atom stereocenters. The quantitative estimate of drug-likeness (QED) is 0.388. The number of hydrogen-bond donors (Lipinski definition) is 2. The lowest BCUT2D eigenvalue weighted by molar-refractivity contribution is -0.129. The van der Waals surface area contributed by atoms with Crippen molar-refractivity contribution in [2.45, 2.75) is 38.1 Å². The number of fused-ring (bicyclic) bond motifs is 4. The molecule has 2 aliphatic heterocycles. The molecule has 0 bridgehead atoms. The number of amides is 1. The first-order chi connectivity index (χ1) is 14.4. The lowest BCUT2D eigenvalue weighted by Crippen LogP contribution is -2.38. The van der Waals surface area contributed by atoms with Gasteiger partial charge in [0.25, 0.3) is 5.91 Å². The van der Waals surface area contributed by atoms with Gasteiger partial charge in [-0.05, 0) is 49.0 Å². The minimum atomic E-state index is -1.05. The number of thiol groups is 1. The molecule has 2 aliphatic rings. The summed E-state index contributed by atoms with van der Waals surface area (Å²) in [5.74, 6) is 1.76. The van der Waals surface area contributed by atoms with Crippen molar-refractivity contribution in [3.05, 3.63) is 51.5 Å². The number of nitrogens with zero attached hydrogens (tertiary/aromatic N) is 2. The maximum atomic E-state index is 14.4. The molecule has 8 heteroatoms. The maximum absolute atomic E-state index is 14.4. The van der Waals surface area contributed by atoms with Crippen LogP contribution in [0.5, 0.6) is 0 Å². The molecule has 1 unspecified atom stereocenters. The van der Waals surface area contributed by atoms with Crippen molar-refractivity contribution in [1.82, 2.24) is 9.88 Å². The highest BCUT2D eigenvalue weighted by Gasteiger charge is 2.55. The van der Waals surface area contributed by atoms with Crippen LogP contribution in [-0.2, 0) is 27.4 Å². The Morgan fingerprint density at radius 2 is 2.20 bits per heavy atom. The predicted octanol–water partition coefficient (Wildman–Crippen LogP) is 3.29. The van der Waals surface area contributed by atoms with Gasteiger partial charge in [0.05, 0.1) is 23.4 Å². The Balaban J connectivity index is 1.95. The smallest absolute Gasteiger partial charge is 0.253 e. The third-order valence-corrected chi connectivity index (χ3v) is 7.51. The standard InChI is InChI=1S/C22H23FN2O3S2/c1-12-6-13-16(11-30-5-3-4-29)14-8-25-21(28)15(9-26)17(10-27)22(25,2)20(14)24-19(13)7-18(12)23/h6-7,10,26,29H,3-5,8-9,11H2,1-2H3. The van der Waals surface area contributed by atoms with Crippen LogP contribution in [0.1, 0.15) is 35.7 Å². The second-order valence-electron chi connectivity index (χ2n) is 7.80. The van der Waals surface area contributed by atoms with Crippen LogP contribution in [0.3, 0.4) is 0 Å². The van der Waals surface area contributed by atoms with E-state index in [1.165, 1.54) is 6.07 Å². The SMILES string of the molecule is Cc1cc2c(CSCCCS)c3c(nc2cc1F)C1(C)C(C=O)=C(CO)C(=O)N1C3. The summed E-state index contributed by atoms with van der Waals surface area (Å²) in [6, 6.07) is 3.24. The molecule has 4 rings (SSSR count). The lowest BCUT2D eigenvalue weighted by atomic mass is 9.87. The summed E-state index contributed by atoms with van der Waals surface area (Å²) >= 11 is 6.03. The highest BCUT2D eigenvalue weighted by molar-refractivity contribution is 7.98. The Kier molecular flexibility index (Phi) is 5.67. The molecule has 0 saturated carbocycles. The maximum Gasteiger partial charge on any atom is 0.253 e. The van der Waals surface area contributed by atoms with Crippen LogP contribution in [0.2, 0.25) is 0 Å². The number of rotatable bonds is 7. The number of hydrogen-bond acceptors (Lipinski definition) is 6. The monoisotopic (exact) mass is 446 g/mol. The number of aldehydes is 1. The normalized spacial score (nSPS) is 20.3. The molecule has 158 valence electrons. The van der Waals surface area contributed by atoms with Gasteiger partial charge in [0, 0.05) is 34.9 Å². The molecule has 0 aliphatic carbocycles. The Morgan fingerprint density at radius 1 is 1.43 bits per heavy atom. The number of carbonyl (C=O) groups is 2. The minimum Gasteiger partial charge on any atom is -0.391 e. The Morgan fingerprint density at radius 3 is 2.87 bits per heavy atom. The van der Waals surface area contributed by atoms with E-state index in [9.17, 15) is 19.1 Å². The molecule has 0 radical (unpaired) electrons. The first-order valence-electron chi connectivity index (χ1n) is 9.80. The number of halogens is 1. The second-order valence-corrected chi connectivity index (χ2v) is 9.35. The van der Waals surface area contributed by atoms with Crippen LogP contribution >= 0.6 is 24.4 Å². The number of thioether (sulfide) groups is 1. The fourth-order valence-corrected chi connectivity index (χ4v) is 5.88. The fraction of sp³-hybridized carbons (Fsp3) is 0.409. The van der Waals surface area contributed by atoms with E-state index in [0.29, 0.717) is 35.4 Å². The summed E-state index contributed by atoms with van der Waals surface area (Å²) < 4.78 is 14.4. The first-order valence-corrected chi connectivity index (χ1v) is 11.6. The third-order valence-electron chi connectivity index (χ3n) is 6.12. The molecule has 1 N–H and O–H groups in total. The summed E-state index contributed by atoms with van der Waals surface area (Å²) in [4.78, 5) is 31.2. The zero-order chi connectivity index (χ0) is 21.6. The van der Waals surface area contributed by atoms with Gasteiger partial charge in [0.1, 0.15) is 17.6 Å². The van der Waals surface area contributed by atoms with Crippen molar-refractivity contribution < 1.29 is 19.1 Å². The molecule has 0 fully saturated rings. The highest BCUT2D eigenvalue weighted by atomic mass is 32.2. The van der Waals surface area contributed by atoms with E-state index in [2.05, 4.69) is 12.6 Å². The number of pyridine rings is 1. The van der Waals surface area contributed by atoms with Gasteiger partial charge in [-0.3, -0.25) is 9.59 Å². The van der Waals surface area contributed by atoms with Crippen molar-refractivity contribution in [3.8, 4) is 0 Å². The van der Waals surface area contributed by atoms with E-state index in [-0.39, 0.29) is 22.9 Å². The van der Waals surface area contributed by atoms with Crippen molar-refractivity contribution in [1.29, 1.82) is 0 Å². The topological polar surface area (TPSA) is 70.5 Å². The molecule has 3 heterocycles. The Hall–Kier alpha value is -1.90. The van der Waals surface area contributed by atoms with Crippen molar-refractivity contribution >= 4 is 47.5 Å². The lowest BCUT2D eigenvalue weighted by Gasteiger charge is -2.29. The van der Waals surface area contributed by atoms with Crippen LogP contribution in [0.15, 0.2) is 23.3 Å². The van der Waals surface area contributed by atoms with Gasteiger partial charge in [-0.25, -0.2) is 9.37 Å². The summed E-state index contributed by atoms with van der Waals surface area (Å²) in [5, 5.41) is 10.5. The number of aryl methyl sites for hydroxylation is 1. The first kappa shape index (κ1) is 21.3. The van der Waals surface area contributed by atoms with Crippen LogP contribution in [0.25, 0.3) is 10.9 Å². The van der Waals surface area contributed by atoms with Gasteiger partial charge in [-0.1, -0.05) is 0 Å². The summed E-state index contributed by atoms with van der Waals surface area (Å²) in [6.07, 6.45) is 1.62. The van der Waals surface area contributed by atoms with E-state index in [0.717, 1.165) is 34.4 Å². The van der Waals surface area contributed by atoms with Gasteiger partial charge in [0.2, 0.25) is 0 Å². The van der Waals surface area contributed by atoms with Crippen LogP contribution in [0.4, 0.5) is 4.39 Å². The van der Waals surface area contributed by atoms with Gasteiger partial charge < -0.3 is 10.0 Å². The average Bonchev–Trinajstić information content (AvgIpc) is 3.13. The summed E-state index contributed by atoms with van der Waals surface area (Å²) in [7, 11) is 0. The van der Waals surface area contributed by atoms with Crippen molar-refractivity contribution in [2.24, 2.45) is 0 Å². The zero-order valence-electron chi connectivity index (χ0n) is 16.9. The molecule has 0 spiro atoms. The van der Waals surface area contributed by atoms with Crippen molar-refractivity contribution in [3.63, 3.8) is 0 Å². The Bertz CT molecular complexity index is 1100. The van der Waals surface area contributed by atoms with Gasteiger partial charge in [-0.15, -0.1) is 0 Å². The zero-order valence-corrected chi connectivity index (χ0v) is 18.6. The molecule has 5 nitrogen and oxygen atoms in total. The largest absolute Gasteiger partial charge is 0.391 e. The predicted molar refractivity (Wildman–Crippen MR) is 119 cm³/mol. The molecule has 1 amide bonds. The molecular weight excluding hydrogens is 423 g/mol. The highest BCUT2D eigenvalue weighted by Crippen LogP contribution is 2.50. The van der Waals surface area contributed by atoms with Crippen LogP contribution in [-0.4, -0.2) is 45.3 Å².